The van der Waals surface area contributed by atoms with Crippen molar-refractivity contribution in [3.63, 3.8) is 0 Å². The third-order valence-electron chi connectivity index (χ3n) is 2.63. The smallest absolute Gasteiger partial charge is 0.323 e. The zero-order valence-electron chi connectivity index (χ0n) is 12.1. The number of hydrogen-bond donors (Lipinski definition) is 1. The van der Waals surface area contributed by atoms with Gasteiger partial charge in [0.25, 0.3) is 0 Å². The van der Waals surface area contributed by atoms with Gasteiger partial charge in [-0.3, -0.25) is 14.4 Å². The summed E-state index contributed by atoms with van der Waals surface area (Å²) in [4.78, 5) is 33.9. The highest BCUT2D eigenvalue weighted by Gasteiger charge is 2.24. The van der Waals surface area contributed by atoms with Crippen molar-refractivity contribution >= 4 is 17.9 Å². The van der Waals surface area contributed by atoms with Crippen LogP contribution in [0.5, 0.6) is 0 Å². The SMILES string of the molecule is COC(=O)CC(CNC(CC(=O)OC)C(=O)OC)OC. The van der Waals surface area contributed by atoms with Gasteiger partial charge in [-0.1, -0.05) is 0 Å². The van der Waals surface area contributed by atoms with Crippen LogP contribution in [0.1, 0.15) is 12.8 Å². The number of esters is 3. The van der Waals surface area contributed by atoms with Crippen LogP contribution in [0.2, 0.25) is 0 Å². The molecule has 0 spiro atoms. The van der Waals surface area contributed by atoms with Crippen molar-refractivity contribution in [2.75, 3.05) is 35.0 Å². The second kappa shape index (κ2) is 10.2. The van der Waals surface area contributed by atoms with Crippen LogP contribution in [0.3, 0.4) is 0 Å². The maximum absolute atomic E-state index is 11.5. The van der Waals surface area contributed by atoms with E-state index in [9.17, 15) is 14.4 Å². The molecule has 0 radical (unpaired) electrons. The fourth-order valence-electron chi connectivity index (χ4n) is 1.41. The minimum atomic E-state index is -0.859. The Balaban J connectivity index is 4.45. The molecule has 0 saturated heterocycles. The van der Waals surface area contributed by atoms with Gasteiger partial charge in [0.15, 0.2) is 0 Å². The van der Waals surface area contributed by atoms with Gasteiger partial charge in [0.05, 0.1) is 40.3 Å². The van der Waals surface area contributed by atoms with Gasteiger partial charge in [-0.25, -0.2) is 0 Å². The molecule has 0 heterocycles. The summed E-state index contributed by atoms with van der Waals surface area (Å²) in [7, 11) is 5.15. The van der Waals surface area contributed by atoms with E-state index >= 15 is 0 Å². The molecule has 8 heteroatoms. The Bertz CT molecular complexity index is 332. The number of hydrogen-bond acceptors (Lipinski definition) is 8. The minimum Gasteiger partial charge on any atom is -0.469 e. The first-order valence-corrected chi connectivity index (χ1v) is 5.96. The van der Waals surface area contributed by atoms with Crippen LogP contribution in [0.15, 0.2) is 0 Å². The molecule has 0 aromatic rings. The topological polar surface area (TPSA) is 100 Å². The molecule has 2 atom stereocenters. The molecule has 20 heavy (non-hydrogen) atoms. The fraction of sp³-hybridized carbons (Fsp3) is 0.750. The van der Waals surface area contributed by atoms with E-state index in [1.165, 1.54) is 28.4 Å². The molecule has 1 N–H and O–H groups in total. The van der Waals surface area contributed by atoms with E-state index in [1.807, 2.05) is 0 Å². The summed E-state index contributed by atoms with van der Waals surface area (Å²) < 4.78 is 18.7. The highest BCUT2D eigenvalue weighted by Crippen LogP contribution is 2.02. The van der Waals surface area contributed by atoms with Crippen molar-refractivity contribution in [2.45, 2.75) is 25.0 Å². The van der Waals surface area contributed by atoms with E-state index in [-0.39, 0.29) is 19.4 Å². The van der Waals surface area contributed by atoms with Crippen molar-refractivity contribution in [2.24, 2.45) is 0 Å². The molecule has 0 aromatic heterocycles. The third kappa shape index (κ3) is 7.05. The lowest BCUT2D eigenvalue weighted by Crippen LogP contribution is -2.44. The summed E-state index contributed by atoms with van der Waals surface area (Å²) in [6.45, 7) is 0.183. The van der Waals surface area contributed by atoms with E-state index in [0.717, 1.165) is 0 Å². The van der Waals surface area contributed by atoms with Crippen LogP contribution in [0, 0.1) is 0 Å². The molecular weight excluding hydrogens is 270 g/mol. The number of carbonyl (C=O) groups excluding carboxylic acids is 3. The number of ether oxygens (including phenoxy) is 4. The molecule has 116 valence electrons. The van der Waals surface area contributed by atoms with Gasteiger partial charge in [-0.05, 0) is 0 Å². The molecule has 0 fully saturated rings. The molecule has 0 bridgehead atoms. The molecule has 0 aromatic carbocycles. The number of nitrogens with one attached hydrogen (secondary N) is 1. The molecule has 2 unspecified atom stereocenters. The van der Waals surface area contributed by atoms with Gasteiger partial charge in [0, 0.05) is 13.7 Å². The van der Waals surface area contributed by atoms with E-state index in [1.54, 1.807) is 0 Å². The van der Waals surface area contributed by atoms with Crippen LogP contribution >= 0.6 is 0 Å². The molecule has 0 amide bonds. The summed E-state index contributed by atoms with van der Waals surface area (Å²) in [5.74, 6) is -1.57. The maximum atomic E-state index is 11.5. The summed E-state index contributed by atoms with van der Waals surface area (Å²) in [5, 5.41) is 2.81. The van der Waals surface area contributed by atoms with Crippen molar-refractivity contribution in [3.05, 3.63) is 0 Å². The van der Waals surface area contributed by atoms with Gasteiger partial charge in [-0.15, -0.1) is 0 Å². The maximum Gasteiger partial charge on any atom is 0.323 e. The first-order valence-electron chi connectivity index (χ1n) is 5.96. The first kappa shape index (κ1) is 18.3. The summed E-state index contributed by atoms with van der Waals surface area (Å²) in [5.41, 5.74) is 0. The molecule has 0 aliphatic heterocycles. The fourth-order valence-corrected chi connectivity index (χ4v) is 1.41. The Labute approximate surface area is 117 Å². The van der Waals surface area contributed by atoms with Crippen LogP contribution in [0.25, 0.3) is 0 Å². The molecule has 8 nitrogen and oxygen atoms in total. The molecule has 0 aliphatic rings. The summed E-state index contributed by atoms with van der Waals surface area (Å²) >= 11 is 0. The Kier molecular flexibility index (Phi) is 9.31. The van der Waals surface area contributed by atoms with E-state index in [2.05, 4.69) is 19.5 Å². The van der Waals surface area contributed by atoms with Gasteiger partial charge in [0.1, 0.15) is 6.04 Å². The highest BCUT2D eigenvalue weighted by molar-refractivity contribution is 5.82. The van der Waals surface area contributed by atoms with Crippen molar-refractivity contribution in [3.8, 4) is 0 Å². The van der Waals surface area contributed by atoms with Crippen LogP contribution < -0.4 is 5.32 Å². The zero-order chi connectivity index (χ0) is 15.5. The van der Waals surface area contributed by atoms with Crippen molar-refractivity contribution in [1.29, 1.82) is 0 Å². The van der Waals surface area contributed by atoms with E-state index < -0.39 is 30.1 Å². The first-order chi connectivity index (χ1) is 9.48. The minimum absolute atomic E-state index is 0.0338. The van der Waals surface area contributed by atoms with E-state index in [0.29, 0.717) is 0 Å². The second-order valence-corrected chi connectivity index (χ2v) is 3.90. The Hall–Kier alpha value is -1.67. The number of methoxy groups -OCH3 is 4. The van der Waals surface area contributed by atoms with Crippen molar-refractivity contribution < 1.29 is 33.3 Å². The highest BCUT2D eigenvalue weighted by atomic mass is 16.5. The Morgan fingerprint density at radius 2 is 1.45 bits per heavy atom. The molecule has 0 rings (SSSR count). The van der Waals surface area contributed by atoms with Crippen LogP contribution in [-0.4, -0.2) is 65.0 Å². The quantitative estimate of drug-likeness (QED) is 0.438. The zero-order valence-corrected chi connectivity index (χ0v) is 12.1. The molecular formula is C12H21NO7. The van der Waals surface area contributed by atoms with Crippen LogP contribution in [0.4, 0.5) is 0 Å². The monoisotopic (exact) mass is 291 g/mol. The molecule has 0 aliphatic carbocycles. The predicted octanol–water partition coefficient (Wildman–Crippen LogP) is -0.741. The van der Waals surface area contributed by atoms with Gasteiger partial charge < -0.3 is 24.3 Å². The average molecular weight is 291 g/mol. The largest absolute Gasteiger partial charge is 0.469 e. The predicted molar refractivity (Wildman–Crippen MR) is 67.9 cm³/mol. The average Bonchev–Trinajstić information content (AvgIpc) is 2.48. The normalized spacial score (nSPS) is 13.2. The van der Waals surface area contributed by atoms with Gasteiger partial charge in [0.2, 0.25) is 0 Å². The second-order valence-electron chi connectivity index (χ2n) is 3.90. The molecule has 0 saturated carbocycles. The Morgan fingerprint density at radius 3 is 1.90 bits per heavy atom. The number of carbonyl (C=O) groups is 3. The van der Waals surface area contributed by atoms with Crippen LogP contribution in [-0.2, 0) is 33.3 Å². The van der Waals surface area contributed by atoms with E-state index in [4.69, 9.17) is 4.74 Å². The number of rotatable bonds is 9. The lowest BCUT2D eigenvalue weighted by molar-refractivity contribution is -0.150. The lowest BCUT2D eigenvalue weighted by atomic mass is 10.2. The summed E-state index contributed by atoms with van der Waals surface area (Å²) in [6, 6.07) is -0.859. The lowest BCUT2D eigenvalue weighted by Gasteiger charge is -2.19. The Morgan fingerprint density at radius 1 is 0.900 bits per heavy atom. The van der Waals surface area contributed by atoms with Crippen molar-refractivity contribution in [1.82, 2.24) is 5.32 Å². The van der Waals surface area contributed by atoms with Gasteiger partial charge in [-0.2, -0.15) is 0 Å². The summed E-state index contributed by atoms with van der Waals surface area (Å²) in [6.07, 6.45) is -0.614. The standard InChI is InChI=1S/C12H21NO7/c1-17-8(5-10(14)18-2)7-13-9(12(16)20-4)6-11(15)19-3/h8-9,13H,5-7H2,1-4H3. The third-order valence-corrected chi connectivity index (χ3v) is 2.63. The van der Waals surface area contributed by atoms with Gasteiger partial charge >= 0.3 is 17.9 Å².